The highest BCUT2D eigenvalue weighted by Crippen LogP contribution is 2.48. The van der Waals surface area contributed by atoms with Gasteiger partial charge in [-0.25, -0.2) is 0 Å². The molecule has 0 aromatic rings. The molecule has 1 saturated heterocycles. The summed E-state index contributed by atoms with van der Waals surface area (Å²) in [6.45, 7) is 3.11. The van der Waals surface area contributed by atoms with E-state index in [1.54, 1.807) is 0 Å². The van der Waals surface area contributed by atoms with E-state index in [-0.39, 0.29) is 23.3 Å². The lowest BCUT2D eigenvalue weighted by Crippen LogP contribution is -2.51. The zero-order valence-electron chi connectivity index (χ0n) is 11.0. The smallest absolute Gasteiger partial charge is 0.307 e. The van der Waals surface area contributed by atoms with Crippen LogP contribution in [0.2, 0.25) is 0 Å². The first-order chi connectivity index (χ1) is 9.00. The maximum atomic E-state index is 12.4. The Morgan fingerprint density at radius 2 is 2.00 bits per heavy atom. The molecule has 1 amide bonds. The lowest BCUT2D eigenvalue weighted by atomic mass is 9.82. The van der Waals surface area contributed by atoms with Crippen LogP contribution in [0.4, 0.5) is 0 Å². The van der Waals surface area contributed by atoms with E-state index in [1.807, 2.05) is 19.1 Å². The Kier molecular flexibility index (Phi) is 2.89. The third-order valence-electron chi connectivity index (χ3n) is 4.69. The van der Waals surface area contributed by atoms with Crippen LogP contribution in [0.25, 0.3) is 0 Å². The number of carboxylic acids is 1. The molecule has 0 radical (unpaired) electrons. The largest absolute Gasteiger partial charge is 0.481 e. The van der Waals surface area contributed by atoms with E-state index in [0.29, 0.717) is 13.2 Å². The number of rotatable bonds is 3. The van der Waals surface area contributed by atoms with Gasteiger partial charge in [-0.3, -0.25) is 9.59 Å². The average molecular weight is 265 g/mol. The molecule has 5 atom stereocenters. The lowest BCUT2D eigenvalue weighted by molar-refractivity contribution is -0.148. The Morgan fingerprint density at radius 1 is 1.32 bits per heavy atom. The monoisotopic (exact) mass is 265 g/mol. The van der Waals surface area contributed by atoms with Gasteiger partial charge in [-0.15, -0.1) is 0 Å². The number of fused-ring (bicyclic) bond motifs is 2. The number of hydrogen-bond donors (Lipinski definition) is 2. The molecule has 5 unspecified atom stereocenters. The minimum Gasteiger partial charge on any atom is -0.481 e. The normalized spacial score (nSPS) is 43.6. The van der Waals surface area contributed by atoms with Crippen molar-refractivity contribution in [1.29, 1.82) is 0 Å². The Morgan fingerprint density at radius 3 is 2.58 bits per heavy atom. The molecule has 5 heteroatoms. The predicted octanol–water partition coefficient (Wildman–Crippen LogP) is 0.804. The summed E-state index contributed by atoms with van der Waals surface area (Å²) in [5.74, 6) is -1.88. The topological polar surface area (TPSA) is 75.6 Å². The van der Waals surface area contributed by atoms with Gasteiger partial charge in [0.15, 0.2) is 0 Å². The first-order valence-corrected chi connectivity index (χ1v) is 6.81. The number of aliphatic carboxylic acids is 1. The number of carbonyl (C=O) groups excluding carboxylic acids is 1. The van der Waals surface area contributed by atoms with Crippen molar-refractivity contribution in [3.8, 4) is 0 Å². The molecule has 2 N–H and O–H groups in total. The van der Waals surface area contributed by atoms with Crippen molar-refractivity contribution < 1.29 is 19.4 Å². The fourth-order valence-electron chi connectivity index (χ4n) is 3.66. The van der Waals surface area contributed by atoms with E-state index < -0.39 is 17.8 Å². The summed E-state index contributed by atoms with van der Waals surface area (Å²) in [7, 11) is 0. The third-order valence-corrected chi connectivity index (χ3v) is 4.69. The van der Waals surface area contributed by atoms with Crippen LogP contribution in [-0.2, 0) is 14.3 Å². The summed E-state index contributed by atoms with van der Waals surface area (Å²) in [5.41, 5.74) is -0.342. The van der Waals surface area contributed by atoms with Gasteiger partial charge in [0, 0.05) is 6.61 Å². The van der Waals surface area contributed by atoms with E-state index in [0.717, 1.165) is 12.8 Å². The highest BCUT2D eigenvalue weighted by Gasteiger charge is 2.52. The maximum Gasteiger partial charge on any atom is 0.307 e. The molecule has 2 aliphatic carbocycles. The van der Waals surface area contributed by atoms with E-state index in [9.17, 15) is 14.7 Å². The van der Waals surface area contributed by atoms with Crippen LogP contribution in [0.1, 0.15) is 19.8 Å². The Bertz CT molecular complexity index is 439. The van der Waals surface area contributed by atoms with Crippen LogP contribution in [0.3, 0.4) is 0 Å². The van der Waals surface area contributed by atoms with Gasteiger partial charge in [-0.2, -0.15) is 0 Å². The molecular weight excluding hydrogens is 246 g/mol. The Labute approximate surface area is 112 Å². The third kappa shape index (κ3) is 2.06. The van der Waals surface area contributed by atoms with Gasteiger partial charge in [0.25, 0.3) is 0 Å². The van der Waals surface area contributed by atoms with Gasteiger partial charge in [-0.1, -0.05) is 12.2 Å². The van der Waals surface area contributed by atoms with Gasteiger partial charge in [0.2, 0.25) is 5.91 Å². The second-order valence-corrected chi connectivity index (χ2v) is 6.19. The maximum absolute atomic E-state index is 12.4. The first-order valence-electron chi connectivity index (χ1n) is 6.81. The summed E-state index contributed by atoms with van der Waals surface area (Å²) in [4.78, 5) is 23.8. The first kappa shape index (κ1) is 12.7. The fraction of sp³-hybridized carbons (Fsp3) is 0.714. The molecule has 1 heterocycles. The molecule has 104 valence electrons. The van der Waals surface area contributed by atoms with E-state index in [2.05, 4.69) is 5.32 Å². The molecule has 0 aromatic heterocycles. The summed E-state index contributed by atoms with van der Waals surface area (Å²) >= 11 is 0. The van der Waals surface area contributed by atoms with Gasteiger partial charge >= 0.3 is 5.97 Å². The number of carbonyl (C=O) groups is 2. The van der Waals surface area contributed by atoms with Gasteiger partial charge < -0.3 is 15.2 Å². The zero-order chi connectivity index (χ0) is 13.6. The van der Waals surface area contributed by atoms with Crippen LogP contribution >= 0.6 is 0 Å². The molecule has 19 heavy (non-hydrogen) atoms. The van der Waals surface area contributed by atoms with Gasteiger partial charge in [0.05, 0.1) is 24.0 Å². The van der Waals surface area contributed by atoms with Crippen LogP contribution in [0.5, 0.6) is 0 Å². The molecule has 0 aromatic carbocycles. The van der Waals surface area contributed by atoms with Gasteiger partial charge in [-0.05, 0) is 31.6 Å². The van der Waals surface area contributed by atoms with Crippen molar-refractivity contribution in [2.24, 2.45) is 23.7 Å². The fourth-order valence-corrected chi connectivity index (χ4v) is 3.66. The molecular formula is C14H19NO4. The van der Waals surface area contributed by atoms with Crippen molar-refractivity contribution in [3.05, 3.63) is 12.2 Å². The average Bonchev–Trinajstić information content (AvgIpc) is 3.02. The standard InChI is InChI=1S/C14H19NO4/c1-14(4-5-19-7-14)15-12(16)10-8-2-3-9(6-8)11(10)13(17)18/h2-3,8-11H,4-7H2,1H3,(H,15,16)(H,17,18). The number of carboxylic acid groups (broad SMARTS) is 1. The minimum absolute atomic E-state index is 0.0193. The SMILES string of the molecule is CC1(NC(=O)C2C3C=CC(C3)C2C(=O)O)CCOC1. The molecule has 1 aliphatic heterocycles. The summed E-state index contributed by atoms with van der Waals surface area (Å²) in [6.07, 6.45) is 5.53. The van der Waals surface area contributed by atoms with E-state index in [1.165, 1.54) is 0 Å². The minimum atomic E-state index is -0.857. The molecule has 3 aliphatic rings. The van der Waals surface area contributed by atoms with Crippen molar-refractivity contribution in [3.63, 3.8) is 0 Å². The van der Waals surface area contributed by atoms with Crippen LogP contribution in [0.15, 0.2) is 12.2 Å². The zero-order valence-corrected chi connectivity index (χ0v) is 11.0. The Balaban J connectivity index is 1.75. The van der Waals surface area contributed by atoms with Crippen molar-refractivity contribution >= 4 is 11.9 Å². The number of amides is 1. The van der Waals surface area contributed by atoms with Crippen molar-refractivity contribution in [2.45, 2.75) is 25.3 Å². The number of ether oxygens (including phenoxy) is 1. The van der Waals surface area contributed by atoms with Gasteiger partial charge in [0.1, 0.15) is 0 Å². The summed E-state index contributed by atoms with van der Waals surface area (Å²) in [6, 6.07) is 0. The second-order valence-electron chi connectivity index (χ2n) is 6.19. The van der Waals surface area contributed by atoms with E-state index >= 15 is 0 Å². The van der Waals surface area contributed by atoms with Crippen molar-refractivity contribution in [2.75, 3.05) is 13.2 Å². The number of nitrogens with one attached hydrogen (secondary N) is 1. The number of allylic oxidation sites excluding steroid dienone is 2. The Hall–Kier alpha value is -1.36. The second kappa shape index (κ2) is 4.34. The lowest BCUT2D eigenvalue weighted by Gasteiger charge is -2.29. The molecule has 5 nitrogen and oxygen atoms in total. The van der Waals surface area contributed by atoms with Crippen molar-refractivity contribution in [1.82, 2.24) is 5.32 Å². The molecule has 2 fully saturated rings. The predicted molar refractivity (Wildman–Crippen MR) is 67.3 cm³/mol. The highest BCUT2D eigenvalue weighted by molar-refractivity contribution is 5.87. The van der Waals surface area contributed by atoms with Crippen LogP contribution in [-0.4, -0.2) is 35.7 Å². The summed E-state index contributed by atoms with van der Waals surface area (Å²) in [5, 5.41) is 12.3. The molecule has 3 rings (SSSR count). The van der Waals surface area contributed by atoms with Crippen LogP contribution < -0.4 is 5.32 Å². The van der Waals surface area contributed by atoms with E-state index in [4.69, 9.17) is 4.74 Å². The molecule has 2 bridgehead atoms. The summed E-state index contributed by atoms with van der Waals surface area (Å²) < 4.78 is 5.31. The molecule has 0 spiro atoms. The molecule has 1 saturated carbocycles. The van der Waals surface area contributed by atoms with Crippen LogP contribution in [0, 0.1) is 23.7 Å². The highest BCUT2D eigenvalue weighted by atomic mass is 16.5. The quantitative estimate of drug-likeness (QED) is 0.740. The number of hydrogen-bond acceptors (Lipinski definition) is 3.